The van der Waals surface area contributed by atoms with Crippen molar-refractivity contribution in [1.29, 1.82) is 0 Å². The molecule has 2 aromatic heterocycles. The fraction of sp³-hybridized carbons (Fsp3) is 0.562. The van der Waals surface area contributed by atoms with Gasteiger partial charge >= 0.3 is 0 Å². The molecule has 0 aromatic carbocycles. The van der Waals surface area contributed by atoms with Crippen molar-refractivity contribution in [3.63, 3.8) is 0 Å². The van der Waals surface area contributed by atoms with Gasteiger partial charge in [-0.2, -0.15) is 0 Å². The van der Waals surface area contributed by atoms with Crippen molar-refractivity contribution in [2.75, 3.05) is 31.2 Å². The van der Waals surface area contributed by atoms with E-state index in [1.165, 1.54) is 23.3 Å². The first-order chi connectivity index (χ1) is 10.9. The maximum atomic E-state index is 5.55. The maximum absolute atomic E-state index is 5.55. The van der Waals surface area contributed by atoms with Crippen LogP contribution < -0.4 is 10.2 Å². The van der Waals surface area contributed by atoms with E-state index in [1.807, 2.05) is 12.5 Å². The van der Waals surface area contributed by atoms with Crippen molar-refractivity contribution in [2.45, 2.75) is 31.8 Å². The average Bonchev–Trinajstić information content (AvgIpc) is 3.23. The molecule has 4 rings (SSSR count). The molecule has 1 fully saturated rings. The van der Waals surface area contributed by atoms with Gasteiger partial charge in [-0.15, -0.1) is 11.3 Å². The number of aryl methyl sites for hydroxylation is 1. The number of nitrogens with one attached hydrogen (secondary N) is 1. The summed E-state index contributed by atoms with van der Waals surface area (Å²) in [6.07, 6.45) is 7.26. The van der Waals surface area contributed by atoms with E-state index >= 15 is 0 Å². The molecule has 1 aliphatic carbocycles. The Kier molecular flexibility index (Phi) is 4.14. The smallest absolute Gasteiger partial charge is 0.185 e. The van der Waals surface area contributed by atoms with Crippen LogP contribution in [0.5, 0.6) is 0 Å². The fourth-order valence-corrected chi connectivity index (χ4v) is 4.11. The van der Waals surface area contributed by atoms with Gasteiger partial charge in [-0.05, 0) is 18.9 Å². The predicted molar refractivity (Wildman–Crippen MR) is 86.4 cm³/mol. The van der Waals surface area contributed by atoms with Crippen molar-refractivity contribution in [3.8, 4) is 0 Å². The van der Waals surface area contributed by atoms with Gasteiger partial charge in [-0.1, -0.05) is 0 Å². The summed E-state index contributed by atoms with van der Waals surface area (Å²) in [6.45, 7) is 4.37. The molecule has 5 nitrogen and oxygen atoms in total. The molecule has 0 spiro atoms. The van der Waals surface area contributed by atoms with E-state index in [4.69, 9.17) is 9.15 Å². The first-order valence-corrected chi connectivity index (χ1v) is 8.79. The molecular formula is C16H21N3O2S. The Morgan fingerprint density at radius 1 is 1.36 bits per heavy atom. The normalized spacial score (nSPS) is 21.8. The van der Waals surface area contributed by atoms with E-state index in [0.717, 1.165) is 50.2 Å². The highest BCUT2D eigenvalue weighted by atomic mass is 32.1. The van der Waals surface area contributed by atoms with Crippen LogP contribution in [0.4, 0.5) is 5.13 Å². The highest BCUT2D eigenvalue weighted by Gasteiger charge is 2.22. The number of ether oxygens (including phenoxy) is 1. The van der Waals surface area contributed by atoms with Gasteiger partial charge in [-0.25, -0.2) is 4.98 Å². The van der Waals surface area contributed by atoms with Gasteiger partial charge in [-0.3, -0.25) is 0 Å². The molecule has 2 aliphatic rings. The molecule has 1 atom stereocenters. The first kappa shape index (κ1) is 14.2. The number of rotatable bonds is 4. The Balaban J connectivity index is 1.38. The molecule has 1 saturated heterocycles. The van der Waals surface area contributed by atoms with Crippen LogP contribution in [0.2, 0.25) is 0 Å². The van der Waals surface area contributed by atoms with E-state index in [2.05, 4.69) is 21.3 Å². The van der Waals surface area contributed by atoms with E-state index in [-0.39, 0.29) is 0 Å². The molecule has 2 aromatic rings. The summed E-state index contributed by atoms with van der Waals surface area (Å²) in [6, 6.07) is 2.52. The van der Waals surface area contributed by atoms with Gasteiger partial charge in [0.25, 0.3) is 0 Å². The molecule has 6 heteroatoms. The minimum atomic E-state index is 0.413. The monoisotopic (exact) mass is 319 g/mol. The lowest BCUT2D eigenvalue weighted by molar-refractivity contribution is 0.122. The second kappa shape index (κ2) is 6.40. The molecule has 118 valence electrons. The van der Waals surface area contributed by atoms with Crippen molar-refractivity contribution in [3.05, 3.63) is 34.7 Å². The summed E-state index contributed by atoms with van der Waals surface area (Å²) in [5.41, 5.74) is 1.34. The van der Waals surface area contributed by atoms with Crippen LogP contribution in [-0.4, -0.2) is 31.3 Å². The Morgan fingerprint density at radius 2 is 2.27 bits per heavy atom. The number of hydrogen-bond donors (Lipinski definition) is 1. The van der Waals surface area contributed by atoms with Gasteiger partial charge in [0, 0.05) is 48.7 Å². The molecule has 1 aliphatic heterocycles. The molecule has 1 N–H and O–H groups in total. The van der Waals surface area contributed by atoms with Gasteiger partial charge in [0.05, 0.1) is 19.5 Å². The van der Waals surface area contributed by atoms with E-state index in [1.54, 1.807) is 11.3 Å². The third-order valence-corrected chi connectivity index (χ3v) is 5.46. The number of morpholine rings is 1. The van der Waals surface area contributed by atoms with E-state index in [9.17, 15) is 0 Å². The summed E-state index contributed by atoms with van der Waals surface area (Å²) in [4.78, 5) is 8.17. The molecule has 0 amide bonds. The van der Waals surface area contributed by atoms with Crippen molar-refractivity contribution >= 4 is 16.5 Å². The quantitative estimate of drug-likeness (QED) is 0.939. The van der Waals surface area contributed by atoms with Gasteiger partial charge in [0.1, 0.15) is 5.76 Å². The molecule has 1 unspecified atom stereocenters. The van der Waals surface area contributed by atoms with E-state index < -0.39 is 0 Å². The summed E-state index contributed by atoms with van der Waals surface area (Å²) < 4.78 is 10.9. The molecule has 22 heavy (non-hydrogen) atoms. The van der Waals surface area contributed by atoms with Crippen LogP contribution in [0.15, 0.2) is 22.9 Å². The standard InChI is InChI=1S/C16H21N3O2S/c1-2-14(13-4-7-21-15(13)3-1)17-10-12-11-18-16(22-12)19-5-8-20-9-6-19/h4,7,11,14,17H,1-3,5-6,8-10H2. The van der Waals surface area contributed by atoms with Crippen LogP contribution in [0.3, 0.4) is 0 Å². The van der Waals surface area contributed by atoms with Gasteiger partial charge < -0.3 is 19.4 Å². The van der Waals surface area contributed by atoms with Crippen LogP contribution in [0.25, 0.3) is 0 Å². The fourth-order valence-electron chi connectivity index (χ4n) is 3.20. The van der Waals surface area contributed by atoms with Gasteiger partial charge in [0.2, 0.25) is 0 Å². The molecule has 3 heterocycles. The maximum Gasteiger partial charge on any atom is 0.185 e. The van der Waals surface area contributed by atoms with Crippen LogP contribution in [0.1, 0.15) is 35.1 Å². The number of anilines is 1. The summed E-state index contributed by atoms with van der Waals surface area (Å²) in [7, 11) is 0. The first-order valence-electron chi connectivity index (χ1n) is 7.97. The predicted octanol–water partition coefficient (Wildman–Crippen LogP) is 2.74. The van der Waals surface area contributed by atoms with Crippen molar-refractivity contribution in [1.82, 2.24) is 10.3 Å². The lowest BCUT2D eigenvalue weighted by Crippen LogP contribution is -2.36. The summed E-state index contributed by atoms with van der Waals surface area (Å²) >= 11 is 1.78. The average molecular weight is 319 g/mol. The SMILES string of the molecule is c1cc2c(o1)CCCC2NCc1cnc(N2CCOCC2)s1. The number of nitrogens with zero attached hydrogens (tertiary/aromatic N) is 2. The molecule has 0 bridgehead atoms. The topological polar surface area (TPSA) is 50.5 Å². The lowest BCUT2D eigenvalue weighted by Gasteiger charge is -2.26. The number of hydrogen-bond acceptors (Lipinski definition) is 6. The Labute approximate surface area is 134 Å². The zero-order valence-corrected chi connectivity index (χ0v) is 13.4. The second-order valence-corrected chi connectivity index (χ2v) is 6.93. The second-order valence-electron chi connectivity index (χ2n) is 5.83. The summed E-state index contributed by atoms with van der Waals surface area (Å²) in [5, 5.41) is 4.78. The number of aromatic nitrogens is 1. The van der Waals surface area contributed by atoms with Crippen LogP contribution in [-0.2, 0) is 17.7 Å². The van der Waals surface area contributed by atoms with E-state index in [0.29, 0.717) is 6.04 Å². The lowest BCUT2D eigenvalue weighted by atomic mass is 9.93. The Hall–Kier alpha value is -1.37. The number of fused-ring (bicyclic) bond motifs is 1. The Morgan fingerprint density at radius 3 is 3.18 bits per heavy atom. The molecule has 0 radical (unpaired) electrons. The third-order valence-electron chi connectivity index (χ3n) is 4.40. The molecular weight excluding hydrogens is 298 g/mol. The third kappa shape index (κ3) is 2.91. The number of thiazole rings is 1. The number of furan rings is 1. The highest BCUT2D eigenvalue weighted by Crippen LogP contribution is 2.31. The Bertz CT molecular complexity index is 618. The highest BCUT2D eigenvalue weighted by molar-refractivity contribution is 7.15. The van der Waals surface area contributed by atoms with Crippen LogP contribution >= 0.6 is 11.3 Å². The van der Waals surface area contributed by atoms with Crippen LogP contribution in [0, 0.1) is 0 Å². The zero-order chi connectivity index (χ0) is 14.8. The van der Waals surface area contributed by atoms with Crippen molar-refractivity contribution < 1.29 is 9.15 Å². The van der Waals surface area contributed by atoms with Gasteiger partial charge in [0.15, 0.2) is 5.13 Å². The molecule has 0 saturated carbocycles. The minimum Gasteiger partial charge on any atom is -0.469 e. The van der Waals surface area contributed by atoms with Crippen molar-refractivity contribution in [2.24, 2.45) is 0 Å². The minimum absolute atomic E-state index is 0.413. The largest absolute Gasteiger partial charge is 0.469 e. The zero-order valence-electron chi connectivity index (χ0n) is 12.6. The summed E-state index contributed by atoms with van der Waals surface area (Å²) in [5.74, 6) is 1.15.